The third-order valence-corrected chi connectivity index (χ3v) is 3.36. The first-order chi connectivity index (χ1) is 8.50. The Balaban J connectivity index is 2.48. The molecule has 2 N–H and O–H groups in total. The molecule has 0 aromatic heterocycles. The number of aryl methyl sites for hydroxylation is 2. The van der Waals surface area contributed by atoms with Gasteiger partial charge in [0.2, 0.25) is 11.8 Å². The van der Waals surface area contributed by atoms with Gasteiger partial charge in [-0.2, -0.15) is 0 Å². The summed E-state index contributed by atoms with van der Waals surface area (Å²) in [4.78, 5) is 25.4. The second-order valence-electron chi connectivity index (χ2n) is 4.83. The second-order valence-corrected chi connectivity index (χ2v) is 4.83. The highest BCUT2D eigenvalue weighted by atomic mass is 16.2. The number of imide groups is 1. The second kappa shape index (κ2) is 4.80. The SMILES string of the molecule is Cc1cc(C)c(N2C(=O)CCCCC2=O)cc1N. The van der Waals surface area contributed by atoms with Crippen molar-refractivity contribution in [2.75, 3.05) is 10.6 Å². The van der Waals surface area contributed by atoms with E-state index in [2.05, 4.69) is 0 Å². The number of carbonyl (C=O) groups is 2. The van der Waals surface area contributed by atoms with E-state index < -0.39 is 0 Å². The summed E-state index contributed by atoms with van der Waals surface area (Å²) < 4.78 is 0. The Bertz CT molecular complexity index is 491. The molecule has 4 heteroatoms. The molecule has 0 radical (unpaired) electrons. The fraction of sp³-hybridized carbons (Fsp3) is 0.429. The molecular weight excluding hydrogens is 228 g/mol. The molecule has 0 unspecified atom stereocenters. The average Bonchev–Trinajstić information content (AvgIpc) is 2.46. The molecule has 0 atom stereocenters. The first-order valence-electron chi connectivity index (χ1n) is 6.23. The molecule has 96 valence electrons. The first-order valence-corrected chi connectivity index (χ1v) is 6.23. The lowest BCUT2D eigenvalue weighted by Crippen LogP contribution is -2.35. The highest BCUT2D eigenvalue weighted by Gasteiger charge is 2.27. The van der Waals surface area contributed by atoms with Gasteiger partial charge in [-0.3, -0.25) is 14.5 Å². The zero-order valence-corrected chi connectivity index (χ0v) is 10.8. The maximum atomic E-state index is 12.0. The molecule has 1 aromatic carbocycles. The Morgan fingerprint density at radius 3 is 2.11 bits per heavy atom. The lowest BCUT2D eigenvalue weighted by molar-refractivity contribution is -0.125. The van der Waals surface area contributed by atoms with Crippen molar-refractivity contribution in [3.05, 3.63) is 23.3 Å². The van der Waals surface area contributed by atoms with Crippen molar-refractivity contribution in [1.82, 2.24) is 0 Å². The van der Waals surface area contributed by atoms with E-state index in [0.717, 1.165) is 24.0 Å². The largest absolute Gasteiger partial charge is 0.398 e. The standard InChI is InChI=1S/C14H18N2O2/c1-9-7-10(2)12(8-11(9)15)16-13(17)5-3-4-6-14(16)18/h7-8H,3-6,15H2,1-2H3. The topological polar surface area (TPSA) is 63.4 Å². The Morgan fingerprint density at radius 2 is 1.56 bits per heavy atom. The molecule has 4 nitrogen and oxygen atoms in total. The van der Waals surface area contributed by atoms with Gasteiger partial charge < -0.3 is 5.73 Å². The fourth-order valence-corrected chi connectivity index (χ4v) is 2.28. The third-order valence-electron chi connectivity index (χ3n) is 3.36. The maximum absolute atomic E-state index is 12.0. The number of nitrogens with zero attached hydrogens (tertiary/aromatic N) is 1. The minimum atomic E-state index is -0.121. The maximum Gasteiger partial charge on any atom is 0.233 e. The minimum absolute atomic E-state index is 0.121. The Labute approximate surface area is 107 Å². The Morgan fingerprint density at radius 1 is 1.00 bits per heavy atom. The average molecular weight is 246 g/mol. The molecule has 2 amide bonds. The van der Waals surface area contributed by atoms with Crippen LogP contribution in [0.4, 0.5) is 11.4 Å². The van der Waals surface area contributed by atoms with Crippen molar-refractivity contribution < 1.29 is 9.59 Å². The van der Waals surface area contributed by atoms with Crippen molar-refractivity contribution in [3.63, 3.8) is 0 Å². The van der Waals surface area contributed by atoms with Crippen LogP contribution in [0.15, 0.2) is 12.1 Å². The van der Waals surface area contributed by atoms with Crippen molar-refractivity contribution >= 4 is 23.2 Å². The van der Waals surface area contributed by atoms with E-state index in [1.54, 1.807) is 6.07 Å². The Kier molecular flexibility index (Phi) is 3.36. The van der Waals surface area contributed by atoms with E-state index in [9.17, 15) is 9.59 Å². The predicted molar refractivity (Wildman–Crippen MR) is 71.3 cm³/mol. The van der Waals surface area contributed by atoms with Gasteiger partial charge in [-0.15, -0.1) is 0 Å². The number of nitrogen functional groups attached to an aromatic ring is 1. The molecule has 1 aliphatic rings. The number of anilines is 2. The molecule has 1 saturated heterocycles. The summed E-state index contributed by atoms with van der Waals surface area (Å²) in [5.74, 6) is -0.243. The zero-order chi connectivity index (χ0) is 13.3. The predicted octanol–water partition coefficient (Wildman–Crippen LogP) is 2.32. The van der Waals surface area contributed by atoms with Gasteiger partial charge in [0.1, 0.15) is 0 Å². The van der Waals surface area contributed by atoms with Crippen LogP contribution in [0.1, 0.15) is 36.8 Å². The van der Waals surface area contributed by atoms with Crippen molar-refractivity contribution in [3.8, 4) is 0 Å². The normalized spacial score (nSPS) is 16.9. The van der Waals surface area contributed by atoms with E-state index in [1.165, 1.54) is 4.90 Å². The molecule has 1 heterocycles. The highest BCUT2D eigenvalue weighted by molar-refractivity contribution is 6.15. The number of hydrogen-bond donors (Lipinski definition) is 1. The smallest absolute Gasteiger partial charge is 0.233 e. The van der Waals surface area contributed by atoms with Crippen LogP contribution >= 0.6 is 0 Å². The van der Waals surface area contributed by atoms with Crippen LogP contribution in [0, 0.1) is 13.8 Å². The summed E-state index contributed by atoms with van der Waals surface area (Å²) in [6, 6.07) is 3.64. The van der Waals surface area contributed by atoms with Crippen molar-refractivity contribution in [2.24, 2.45) is 0 Å². The van der Waals surface area contributed by atoms with Gasteiger partial charge in [-0.1, -0.05) is 6.07 Å². The van der Waals surface area contributed by atoms with E-state index in [0.29, 0.717) is 24.2 Å². The molecule has 1 aromatic rings. The summed E-state index contributed by atoms with van der Waals surface area (Å²) in [6.07, 6.45) is 2.42. The third kappa shape index (κ3) is 2.23. The molecule has 0 bridgehead atoms. The Hall–Kier alpha value is -1.84. The summed E-state index contributed by atoms with van der Waals surface area (Å²) in [6.45, 7) is 3.81. The van der Waals surface area contributed by atoms with Crippen LogP contribution in [0.25, 0.3) is 0 Å². The summed E-state index contributed by atoms with van der Waals surface area (Å²) >= 11 is 0. The number of rotatable bonds is 1. The van der Waals surface area contributed by atoms with Gasteiger partial charge in [0.15, 0.2) is 0 Å². The lowest BCUT2D eigenvalue weighted by Gasteiger charge is -2.22. The summed E-state index contributed by atoms with van der Waals surface area (Å²) in [7, 11) is 0. The number of benzene rings is 1. The molecule has 18 heavy (non-hydrogen) atoms. The molecule has 0 spiro atoms. The molecule has 1 fully saturated rings. The van der Waals surface area contributed by atoms with Crippen LogP contribution in [0.3, 0.4) is 0 Å². The number of nitrogens with two attached hydrogens (primary N) is 1. The van der Waals surface area contributed by atoms with Gasteiger partial charge in [-0.05, 0) is 43.9 Å². The van der Waals surface area contributed by atoms with E-state index >= 15 is 0 Å². The van der Waals surface area contributed by atoms with Gasteiger partial charge in [0.05, 0.1) is 5.69 Å². The van der Waals surface area contributed by atoms with E-state index in [4.69, 9.17) is 5.73 Å². The van der Waals surface area contributed by atoms with Gasteiger partial charge >= 0.3 is 0 Å². The van der Waals surface area contributed by atoms with Crippen LogP contribution in [0.2, 0.25) is 0 Å². The molecular formula is C14H18N2O2. The molecule has 1 aliphatic heterocycles. The summed E-state index contributed by atoms with van der Waals surface area (Å²) in [5.41, 5.74) is 8.99. The van der Waals surface area contributed by atoms with Crippen LogP contribution in [-0.2, 0) is 9.59 Å². The number of hydrogen-bond acceptors (Lipinski definition) is 3. The lowest BCUT2D eigenvalue weighted by atomic mass is 10.1. The number of amides is 2. The minimum Gasteiger partial charge on any atom is -0.398 e. The van der Waals surface area contributed by atoms with E-state index in [1.807, 2.05) is 19.9 Å². The van der Waals surface area contributed by atoms with Gasteiger partial charge in [0, 0.05) is 18.5 Å². The first kappa shape index (κ1) is 12.6. The number of carbonyl (C=O) groups excluding carboxylic acids is 2. The molecule has 0 aliphatic carbocycles. The van der Waals surface area contributed by atoms with Gasteiger partial charge in [0.25, 0.3) is 0 Å². The van der Waals surface area contributed by atoms with Crippen molar-refractivity contribution in [1.29, 1.82) is 0 Å². The molecule has 2 rings (SSSR count). The zero-order valence-electron chi connectivity index (χ0n) is 10.8. The van der Waals surface area contributed by atoms with Crippen molar-refractivity contribution in [2.45, 2.75) is 39.5 Å². The molecule has 0 saturated carbocycles. The van der Waals surface area contributed by atoms with Crippen LogP contribution in [0.5, 0.6) is 0 Å². The van der Waals surface area contributed by atoms with Gasteiger partial charge in [-0.25, -0.2) is 0 Å². The van der Waals surface area contributed by atoms with E-state index in [-0.39, 0.29) is 11.8 Å². The summed E-state index contributed by atoms with van der Waals surface area (Å²) in [5, 5.41) is 0. The van der Waals surface area contributed by atoms with Crippen LogP contribution < -0.4 is 10.6 Å². The monoisotopic (exact) mass is 246 g/mol. The fourth-order valence-electron chi connectivity index (χ4n) is 2.28. The highest BCUT2D eigenvalue weighted by Crippen LogP contribution is 2.28. The van der Waals surface area contributed by atoms with Crippen LogP contribution in [-0.4, -0.2) is 11.8 Å². The quantitative estimate of drug-likeness (QED) is 0.611.